The van der Waals surface area contributed by atoms with Gasteiger partial charge in [0.05, 0.1) is 16.9 Å². The Hall–Kier alpha value is -3.57. The molecule has 2 heterocycles. The first-order chi connectivity index (χ1) is 12.8. The minimum Gasteiger partial charge on any atom is -0.468 e. The van der Waals surface area contributed by atoms with Crippen molar-refractivity contribution in [2.75, 3.05) is 11.9 Å². The predicted molar refractivity (Wildman–Crippen MR) is 82.9 cm³/mol. The molecule has 0 atom stereocenters. The molecule has 0 radical (unpaired) electrons. The fourth-order valence-electron chi connectivity index (χ4n) is 1.98. The van der Waals surface area contributed by atoms with Gasteiger partial charge in [-0.15, -0.1) is 5.10 Å². The molecule has 12 heteroatoms. The van der Waals surface area contributed by atoms with Gasteiger partial charge in [0.15, 0.2) is 6.61 Å². The summed E-state index contributed by atoms with van der Waals surface area (Å²) in [6.07, 6.45) is -2.19. The van der Waals surface area contributed by atoms with Crippen LogP contribution in [0.2, 0.25) is 0 Å². The van der Waals surface area contributed by atoms with Crippen LogP contribution < -0.4 is 10.1 Å². The number of pyridine rings is 1. The predicted octanol–water partition coefficient (Wildman–Crippen LogP) is 2.39. The van der Waals surface area contributed by atoms with E-state index in [0.717, 1.165) is 18.3 Å². The number of carbonyl (C=O) groups excluding carboxylic acids is 1. The molecule has 2 aromatic heterocycles. The zero-order valence-corrected chi connectivity index (χ0v) is 13.3. The zero-order valence-electron chi connectivity index (χ0n) is 13.3. The maximum atomic E-state index is 13.9. The van der Waals surface area contributed by atoms with Crippen molar-refractivity contribution in [3.8, 4) is 11.6 Å². The van der Waals surface area contributed by atoms with E-state index in [2.05, 4.69) is 30.6 Å². The Kier molecular flexibility index (Phi) is 4.96. The van der Waals surface area contributed by atoms with Crippen molar-refractivity contribution < 1.29 is 27.1 Å². The number of hydrogen-bond donors (Lipinski definition) is 1. The third-order valence-corrected chi connectivity index (χ3v) is 3.19. The van der Waals surface area contributed by atoms with E-state index in [0.29, 0.717) is 5.69 Å². The van der Waals surface area contributed by atoms with Crippen LogP contribution in [0.3, 0.4) is 0 Å². The zero-order chi connectivity index (χ0) is 19.4. The van der Waals surface area contributed by atoms with Gasteiger partial charge in [0.1, 0.15) is 12.1 Å². The maximum absolute atomic E-state index is 13.9. The summed E-state index contributed by atoms with van der Waals surface area (Å²) < 4.78 is 56.0. The number of nitrogens with one attached hydrogen (secondary N) is 1. The van der Waals surface area contributed by atoms with Gasteiger partial charge < -0.3 is 10.1 Å². The standard InChI is InChI=1S/C15H10F4N6O2/c16-11-3-2-10(25-8-21-23-24-25)5-12(11)22-14(26)9-1-4-13(20-6-9)27-7-15(17,18)19/h1-6,8H,7H2,(H,22,26). The monoisotopic (exact) mass is 382 g/mol. The molecule has 0 fully saturated rings. The van der Waals surface area contributed by atoms with Crippen LogP contribution in [0.4, 0.5) is 23.2 Å². The number of hydrogen-bond acceptors (Lipinski definition) is 6. The van der Waals surface area contributed by atoms with Crippen molar-refractivity contribution >= 4 is 11.6 Å². The third-order valence-electron chi connectivity index (χ3n) is 3.19. The summed E-state index contributed by atoms with van der Waals surface area (Å²) in [6.45, 7) is -1.50. The molecule has 1 aromatic carbocycles. The van der Waals surface area contributed by atoms with Crippen LogP contribution in [-0.2, 0) is 0 Å². The van der Waals surface area contributed by atoms with Crippen molar-refractivity contribution in [2.24, 2.45) is 0 Å². The van der Waals surface area contributed by atoms with E-state index in [1.54, 1.807) is 0 Å². The van der Waals surface area contributed by atoms with E-state index in [4.69, 9.17) is 0 Å². The Labute approximate surface area is 148 Å². The summed E-state index contributed by atoms with van der Waals surface area (Å²) in [4.78, 5) is 15.8. The molecule has 0 saturated heterocycles. The van der Waals surface area contributed by atoms with Gasteiger partial charge in [-0.25, -0.2) is 14.1 Å². The SMILES string of the molecule is O=C(Nc1cc(-n2cnnn2)ccc1F)c1ccc(OCC(F)(F)F)nc1. The number of alkyl halides is 3. The molecule has 3 rings (SSSR count). The van der Waals surface area contributed by atoms with Crippen LogP contribution >= 0.6 is 0 Å². The second-order valence-electron chi connectivity index (χ2n) is 5.16. The molecule has 0 aliphatic carbocycles. The largest absolute Gasteiger partial charge is 0.468 e. The van der Waals surface area contributed by atoms with Gasteiger partial charge >= 0.3 is 6.18 Å². The number of nitrogens with zero attached hydrogens (tertiary/aromatic N) is 5. The number of amides is 1. The minimum absolute atomic E-state index is 0.00147. The van der Waals surface area contributed by atoms with Gasteiger partial charge in [0, 0.05) is 12.3 Å². The smallest absolute Gasteiger partial charge is 0.422 e. The Bertz CT molecular complexity index is 928. The highest BCUT2D eigenvalue weighted by Crippen LogP contribution is 2.20. The topological polar surface area (TPSA) is 94.8 Å². The number of halogens is 4. The second kappa shape index (κ2) is 7.35. The molecule has 0 spiro atoms. The van der Waals surface area contributed by atoms with Crippen molar-refractivity contribution in [3.63, 3.8) is 0 Å². The number of tetrazole rings is 1. The molecule has 1 amide bonds. The lowest BCUT2D eigenvalue weighted by Gasteiger charge is -2.10. The minimum atomic E-state index is -4.50. The van der Waals surface area contributed by atoms with Crippen molar-refractivity contribution in [1.82, 2.24) is 25.2 Å². The number of benzene rings is 1. The first-order valence-corrected chi connectivity index (χ1v) is 7.32. The molecule has 0 aliphatic heterocycles. The third kappa shape index (κ3) is 4.74. The summed E-state index contributed by atoms with van der Waals surface area (Å²) in [5.41, 5.74) is 0.276. The van der Waals surface area contributed by atoms with Crippen LogP contribution in [0.1, 0.15) is 10.4 Å². The van der Waals surface area contributed by atoms with Crippen LogP contribution in [0.5, 0.6) is 5.88 Å². The summed E-state index contributed by atoms with van der Waals surface area (Å²) >= 11 is 0. The van der Waals surface area contributed by atoms with Crippen molar-refractivity contribution in [2.45, 2.75) is 6.18 Å². The molecule has 0 bridgehead atoms. The molecule has 27 heavy (non-hydrogen) atoms. The van der Waals surface area contributed by atoms with Gasteiger partial charge in [-0.2, -0.15) is 13.2 Å². The summed E-state index contributed by atoms with van der Waals surface area (Å²) in [6, 6.07) is 6.16. The Balaban J connectivity index is 1.71. The molecule has 0 unspecified atom stereocenters. The number of aromatic nitrogens is 5. The molecule has 1 N–H and O–H groups in total. The average molecular weight is 382 g/mol. The first kappa shape index (κ1) is 18.2. The number of rotatable bonds is 5. The van der Waals surface area contributed by atoms with Crippen LogP contribution in [0, 0.1) is 5.82 Å². The molecule has 0 aliphatic rings. The molecular weight excluding hydrogens is 372 g/mol. The summed E-state index contributed by atoms with van der Waals surface area (Å²) in [7, 11) is 0. The van der Waals surface area contributed by atoms with Crippen molar-refractivity contribution in [1.29, 1.82) is 0 Å². The normalized spacial score (nSPS) is 11.3. The van der Waals surface area contributed by atoms with Crippen LogP contribution in [0.25, 0.3) is 5.69 Å². The quantitative estimate of drug-likeness (QED) is 0.681. The van der Waals surface area contributed by atoms with Crippen LogP contribution in [0.15, 0.2) is 42.9 Å². The Morgan fingerprint density at radius 2 is 2.04 bits per heavy atom. The first-order valence-electron chi connectivity index (χ1n) is 7.32. The van der Waals surface area contributed by atoms with E-state index < -0.39 is 24.5 Å². The Morgan fingerprint density at radius 3 is 2.67 bits per heavy atom. The fraction of sp³-hybridized carbons (Fsp3) is 0.133. The van der Waals surface area contributed by atoms with E-state index in [1.165, 1.54) is 29.2 Å². The molecule has 140 valence electrons. The highest BCUT2D eigenvalue weighted by atomic mass is 19.4. The second-order valence-corrected chi connectivity index (χ2v) is 5.16. The molecule has 8 nitrogen and oxygen atoms in total. The Morgan fingerprint density at radius 1 is 1.22 bits per heavy atom. The van der Waals surface area contributed by atoms with Gasteiger partial charge in [-0.3, -0.25) is 4.79 Å². The molecule has 0 saturated carbocycles. The van der Waals surface area contributed by atoms with Gasteiger partial charge in [-0.1, -0.05) is 0 Å². The van der Waals surface area contributed by atoms with E-state index in [1.807, 2.05) is 0 Å². The van der Waals surface area contributed by atoms with Gasteiger partial charge in [0.25, 0.3) is 5.91 Å². The average Bonchev–Trinajstić information content (AvgIpc) is 3.16. The lowest BCUT2D eigenvalue weighted by Crippen LogP contribution is -2.20. The summed E-state index contributed by atoms with van der Waals surface area (Å²) in [5.74, 6) is -1.70. The lowest BCUT2D eigenvalue weighted by molar-refractivity contribution is -0.154. The van der Waals surface area contributed by atoms with Gasteiger partial charge in [0.2, 0.25) is 5.88 Å². The highest BCUT2D eigenvalue weighted by molar-refractivity contribution is 6.04. The maximum Gasteiger partial charge on any atom is 0.422 e. The van der Waals surface area contributed by atoms with E-state index >= 15 is 0 Å². The number of anilines is 1. The fourth-order valence-corrected chi connectivity index (χ4v) is 1.98. The summed E-state index contributed by atoms with van der Waals surface area (Å²) in [5, 5.41) is 12.9. The number of carbonyl (C=O) groups is 1. The van der Waals surface area contributed by atoms with Gasteiger partial charge in [-0.05, 0) is 34.7 Å². The highest BCUT2D eigenvalue weighted by Gasteiger charge is 2.28. The number of ether oxygens (including phenoxy) is 1. The molecule has 3 aromatic rings. The van der Waals surface area contributed by atoms with E-state index in [9.17, 15) is 22.4 Å². The van der Waals surface area contributed by atoms with Crippen LogP contribution in [-0.4, -0.2) is 43.9 Å². The van der Waals surface area contributed by atoms with E-state index in [-0.39, 0.29) is 17.1 Å². The van der Waals surface area contributed by atoms with Crippen molar-refractivity contribution in [3.05, 3.63) is 54.2 Å². The molecular formula is C15H10F4N6O2. The lowest BCUT2D eigenvalue weighted by atomic mass is 10.2.